The van der Waals surface area contributed by atoms with E-state index < -0.39 is 90.5 Å². The third-order valence-corrected chi connectivity index (χ3v) is 10.7. The molecule has 6 aromatic rings. The van der Waals surface area contributed by atoms with E-state index in [-0.39, 0.29) is 69.6 Å². The van der Waals surface area contributed by atoms with Gasteiger partial charge >= 0.3 is 0 Å². The fourth-order valence-corrected chi connectivity index (χ4v) is 7.42. The van der Waals surface area contributed by atoms with E-state index in [1.54, 1.807) is 9.80 Å². The second-order valence-corrected chi connectivity index (χ2v) is 15.8. The van der Waals surface area contributed by atoms with Crippen LogP contribution in [0.4, 0.5) is 58.4 Å². The van der Waals surface area contributed by atoms with Crippen molar-refractivity contribution in [2.75, 3.05) is 83.7 Å². The zero-order chi connectivity index (χ0) is 51.8. The molecule has 4 heterocycles. The number of ether oxygens (including phenoxy) is 2. The van der Waals surface area contributed by atoms with Gasteiger partial charge in [0.05, 0.1) is 40.1 Å². The van der Waals surface area contributed by atoms with Gasteiger partial charge in [-0.1, -0.05) is 60.5 Å². The quantitative estimate of drug-likeness (QED) is 0.0593. The lowest BCUT2D eigenvalue weighted by atomic mass is 10.1. The van der Waals surface area contributed by atoms with Crippen molar-refractivity contribution in [3.8, 4) is 0 Å². The number of para-hydroxylation sites is 2. The van der Waals surface area contributed by atoms with E-state index in [1.165, 1.54) is 36.4 Å². The first-order valence-electron chi connectivity index (χ1n) is 23.4. The Morgan fingerprint density at radius 1 is 0.516 bits per heavy atom. The summed E-state index contributed by atoms with van der Waals surface area (Å²) in [5.74, 6) is -0.662. The number of benzene rings is 4. The van der Waals surface area contributed by atoms with E-state index in [2.05, 4.69) is 51.2 Å². The molecule has 22 heteroatoms. The second kappa shape index (κ2) is 18.4. The molecule has 2 fully saturated rings. The molecule has 0 spiro atoms. The molecule has 62 heavy (non-hydrogen) atoms. The Kier molecular flexibility index (Phi) is 9.24. The average Bonchev–Trinajstić information content (AvgIpc) is 3.36. The number of nitrogens with one attached hydrogen (secondary N) is 4. The predicted molar refractivity (Wildman–Crippen MR) is 233 cm³/mol. The lowest BCUT2D eigenvalue weighted by Crippen LogP contribution is -2.37. The molecule has 320 valence electrons. The van der Waals surface area contributed by atoms with Crippen LogP contribution in [-0.2, 0) is 29.7 Å². The number of anilines is 10. The lowest BCUT2D eigenvalue weighted by molar-refractivity contribution is 0.122. The Bertz CT molecular complexity index is 3120. The minimum atomic E-state index is -5.01. The maximum atomic E-state index is 12.8. The number of morpholine rings is 2. The predicted octanol–water partition coefficient (Wildman–Crippen LogP) is 5.37. The number of nitrogens with zero attached hydrogens (tertiary/aromatic N) is 8. The van der Waals surface area contributed by atoms with Crippen molar-refractivity contribution in [3.05, 3.63) is 108 Å². The van der Waals surface area contributed by atoms with Gasteiger partial charge in [0, 0.05) is 48.9 Å². The third kappa shape index (κ3) is 10.7. The molecule has 0 amide bonds. The minimum absolute atomic E-state index is 0.0171. The van der Waals surface area contributed by atoms with Crippen LogP contribution in [0.2, 0.25) is 0 Å². The van der Waals surface area contributed by atoms with E-state index >= 15 is 0 Å². The standard InChI is InChI=1S/C40H40N12O8S2/c53-61(54,55)33-25-31(43-37-45-35(41-29-7-3-1-4-8-29)47-39(49-37)51-17-21-59-22-18-51)15-13-27(33)11-12-28-14-16-32(26-34(28)62(56,57)58)44-38-46-36(42-30-9-5-2-6-10-30)48-40(50-38)52-19-23-60-24-20-52/h1-16,25-26H,17-24H2,(H,53,54,55)(H,56,57,58)(H2,41,43,45,47,49)(H2,42,44,46,48,50)/b12-11+/i1D,2D,3D,4D,5D,6D,7D,8D,9D,10D. The summed E-state index contributed by atoms with van der Waals surface area (Å²) in [7, 11) is -10.0. The molecule has 0 saturated carbocycles. The van der Waals surface area contributed by atoms with Gasteiger partial charge in [0.2, 0.25) is 35.7 Å². The average molecular weight is 891 g/mol. The molecule has 0 atom stereocenters. The first kappa shape index (κ1) is 31.1. The number of aromatic nitrogens is 6. The maximum Gasteiger partial charge on any atom is 0.295 e. The van der Waals surface area contributed by atoms with Gasteiger partial charge in [-0.3, -0.25) is 9.11 Å². The van der Waals surface area contributed by atoms with Crippen LogP contribution in [0.15, 0.2) is 107 Å². The molecule has 0 bridgehead atoms. The molecular weight excluding hydrogens is 841 g/mol. The van der Waals surface area contributed by atoms with E-state index in [0.29, 0.717) is 52.6 Å². The zero-order valence-corrected chi connectivity index (χ0v) is 33.6. The van der Waals surface area contributed by atoms with Gasteiger partial charge in [0.25, 0.3) is 20.2 Å². The van der Waals surface area contributed by atoms with Crippen molar-refractivity contribution < 1.29 is 49.1 Å². The summed E-state index contributed by atoms with van der Waals surface area (Å²) in [6.07, 6.45) is 2.34. The van der Waals surface area contributed by atoms with Crippen LogP contribution in [0, 0.1) is 0 Å². The molecule has 6 N–H and O–H groups in total. The summed E-state index contributed by atoms with van der Waals surface area (Å²) in [5.41, 5.74) is -0.884. The molecule has 2 aliphatic rings. The first-order chi connectivity index (χ1) is 34.1. The molecule has 0 unspecified atom stereocenters. The first-order valence-corrected chi connectivity index (χ1v) is 21.3. The summed E-state index contributed by atoms with van der Waals surface area (Å²) in [4.78, 5) is 28.4. The van der Waals surface area contributed by atoms with Gasteiger partial charge in [-0.05, 0) is 59.6 Å². The van der Waals surface area contributed by atoms with Gasteiger partial charge < -0.3 is 40.5 Å². The van der Waals surface area contributed by atoms with E-state index in [0.717, 1.165) is 12.1 Å². The molecule has 0 aliphatic carbocycles. The van der Waals surface area contributed by atoms with Crippen molar-refractivity contribution in [2.45, 2.75) is 9.79 Å². The summed E-state index contributed by atoms with van der Waals surface area (Å²) < 4.78 is 164. The van der Waals surface area contributed by atoms with Crippen LogP contribution in [0.3, 0.4) is 0 Å². The highest BCUT2D eigenvalue weighted by atomic mass is 32.2. The molecule has 2 aromatic heterocycles. The Morgan fingerprint density at radius 3 is 1.19 bits per heavy atom. The van der Waals surface area contributed by atoms with Crippen molar-refractivity contribution in [2.24, 2.45) is 0 Å². The Morgan fingerprint density at radius 2 is 0.855 bits per heavy atom. The maximum absolute atomic E-state index is 12.8. The lowest BCUT2D eigenvalue weighted by Gasteiger charge is -2.27. The van der Waals surface area contributed by atoms with Crippen molar-refractivity contribution in [1.29, 1.82) is 0 Å². The highest BCUT2D eigenvalue weighted by Gasteiger charge is 2.22. The van der Waals surface area contributed by atoms with Gasteiger partial charge in [-0.15, -0.1) is 0 Å². The van der Waals surface area contributed by atoms with Gasteiger partial charge in [-0.25, -0.2) is 0 Å². The minimum Gasteiger partial charge on any atom is -0.378 e. The van der Waals surface area contributed by atoms with Gasteiger partial charge in [0.15, 0.2) is 0 Å². The van der Waals surface area contributed by atoms with E-state index in [9.17, 15) is 25.9 Å². The summed E-state index contributed by atoms with van der Waals surface area (Å²) in [6, 6.07) is 1.52. The summed E-state index contributed by atoms with van der Waals surface area (Å²) in [5, 5.41) is 11.1. The molecule has 8 rings (SSSR count). The van der Waals surface area contributed by atoms with Crippen LogP contribution in [0.5, 0.6) is 0 Å². The Balaban J connectivity index is 1.09. The van der Waals surface area contributed by atoms with Gasteiger partial charge in [-0.2, -0.15) is 46.7 Å². The third-order valence-electron chi connectivity index (χ3n) is 8.85. The number of rotatable bonds is 14. The fourth-order valence-electron chi connectivity index (χ4n) is 6.00. The second-order valence-electron chi connectivity index (χ2n) is 13.1. The SMILES string of the molecule is [2H]c1c([2H])c([2H])c(Nc2nc(Nc3ccc(/C=C/c4ccc(Nc5nc(Nc6c([2H])c([2H])c([2H])c([2H])c6[2H])nc(N6CCOCC6)n5)cc4S(=O)(=O)O)c(S(=O)(=O)O)c3)nc(N3CCOCC3)n2)c([2H])c1[2H]. The van der Waals surface area contributed by atoms with E-state index in [4.69, 9.17) is 23.2 Å². The Labute approximate surface area is 370 Å². The van der Waals surface area contributed by atoms with Crippen LogP contribution in [0.25, 0.3) is 12.2 Å². The highest BCUT2D eigenvalue weighted by Crippen LogP contribution is 2.29. The van der Waals surface area contributed by atoms with Crippen molar-refractivity contribution >= 4 is 90.8 Å². The highest BCUT2D eigenvalue weighted by molar-refractivity contribution is 7.86. The number of hydrogen-bond acceptors (Lipinski definition) is 18. The smallest absolute Gasteiger partial charge is 0.295 e. The molecule has 20 nitrogen and oxygen atoms in total. The fraction of sp³-hybridized carbons (Fsp3) is 0.200. The molecule has 0 radical (unpaired) electrons. The largest absolute Gasteiger partial charge is 0.378 e. The van der Waals surface area contributed by atoms with E-state index in [1.807, 2.05) is 0 Å². The number of hydrogen-bond donors (Lipinski definition) is 6. The van der Waals surface area contributed by atoms with Crippen LogP contribution in [0.1, 0.15) is 24.8 Å². The van der Waals surface area contributed by atoms with Crippen molar-refractivity contribution in [1.82, 2.24) is 29.9 Å². The molecule has 4 aromatic carbocycles. The molecule has 2 saturated heterocycles. The van der Waals surface area contributed by atoms with Crippen LogP contribution >= 0.6 is 0 Å². The Hall–Kier alpha value is -6.82. The molecular formula is C40H40N12O8S2. The van der Waals surface area contributed by atoms with Crippen LogP contribution in [-0.4, -0.2) is 108 Å². The van der Waals surface area contributed by atoms with Crippen molar-refractivity contribution in [3.63, 3.8) is 0 Å². The molecule has 2 aliphatic heterocycles. The van der Waals surface area contributed by atoms with Crippen LogP contribution < -0.4 is 31.1 Å². The topological polar surface area (TPSA) is 259 Å². The summed E-state index contributed by atoms with van der Waals surface area (Å²) >= 11 is 0. The van der Waals surface area contributed by atoms with Gasteiger partial charge in [0.1, 0.15) is 9.79 Å². The normalized spacial score (nSPS) is 17.0. The monoisotopic (exact) mass is 890 g/mol. The summed E-state index contributed by atoms with van der Waals surface area (Å²) in [6.45, 7) is 2.74. The zero-order valence-electron chi connectivity index (χ0n) is 42.0.